The molecule has 0 saturated carbocycles. The Hall–Kier alpha value is -3.42. The molecular formula is C26H33N3O5. The summed E-state index contributed by atoms with van der Waals surface area (Å²) in [6, 6.07) is 10.6. The number of carbonyl (C=O) groups is 3. The number of piperidine rings is 1. The largest absolute Gasteiger partial charge is 0.465 e. The van der Waals surface area contributed by atoms with Gasteiger partial charge in [-0.2, -0.15) is 0 Å². The van der Waals surface area contributed by atoms with E-state index in [9.17, 15) is 14.4 Å². The lowest BCUT2D eigenvalue weighted by atomic mass is 10.0. The number of esters is 1. The molecule has 3 rings (SSSR count). The molecule has 2 aromatic rings. The Morgan fingerprint density at radius 2 is 1.71 bits per heavy atom. The topological polar surface area (TPSA) is 89.0 Å². The Kier molecular flexibility index (Phi) is 7.91. The van der Waals surface area contributed by atoms with Crippen LogP contribution in [0.5, 0.6) is 0 Å². The molecule has 0 unspecified atom stereocenters. The summed E-state index contributed by atoms with van der Waals surface area (Å²) in [5.41, 5.74) is 2.15. The molecule has 1 aromatic heterocycles. The van der Waals surface area contributed by atoms with E-state index in [1.54, 1.807) is 29.3 Å². The van der Waals surface area contributed by atoms with Gasteiger partial charge in [0.15, 0.2) is 0 Å². The fourth-order valence-electron chi connectivity index (χ4n) is 3.86. The van der Waals surface area contributed by atoms with Crippen molar-refractivity contribution in [1.82, 2.24) is 14.8 Å². The lowest BCUT2D eigenvalue weighted by Crippen LogP contribution is -2.49. The van der Waals surface area contributed by atoms with Gasteiger partial charge in [0.1, 0.15) is 11.3 Å². The summed E-state index contributed by atoms with van der Waals surface area (Å²) in [7, 11) is 1.34. The number of hydrogen-bond donors (Lipinski definition) is 0. The lowest BCUT2D eigenvalue weighted by Gasteiger charge is -2.39. The molecular weight excluding hydrogens is 434 g/mol. The third kappa shape index (κ3) is 6.56. The summed E-state index contributed by atoms with van der Waals surface area (Å²) >= 11 is 0. The normalized spacial score (nSPS) is 14.4. The number of pyridine rings is 1. The van der Waals surface area contributed by atoms with Crippen molar-refractivity contribution in [3.63, 3.8) is 0 Å². The Bertz CT molecular complexity index is 1000. The SMILES string of the molecule is COC(=O)c1ccc(CN(C(=O)c2ccc(C)cn2)C2CCN(C(=O)OC(C)(C)C)CC2)cc1. The Balaban J connectivity index is 1.77. The summed E-state index contributed by atoms with van der Waals surface area (Å²) in [5, 5.41) is 0. The fraction of sp³-hybridized carbons (Fsp3) is 0.462. The molecule has 0 spiro atoms. The minimum atomic E-state index is -0.552. The van der Waals surface area contributed by atoms with Gasteiger partial charge >= 0.3 is 12.1 Å². The van der Waals surface area contributed by atoms with Crippen LogP contribution in [-0.2, 0) is 16.0 Å². The molecule has 0 bridgehead atoms. The van der Waals surface area contributed by atoms with Crippen molar-refractivity contribution >= 4 is 18.0 Å². The third-order valence-corrected chi connectivity index (χ3v) is 5.68. The quantitative estimate of drug-likeness (QED) is 0.612. The molecule has 0 aliphatic carbocycles. The van der Waals surface area contributed by atoms with Gasteiger partial charge in [-0.1, -0.05) is 18.2 Å². The maximum atomic E-state index is 13.5. The summed E-state index contributed by atoms with van der Waals surface area (Å²) in [4.78, 5) is 45.5. The van der Waals surface area contributed by atoms with Crippen LogP contribution in [0.25, 0.3) is 0 Å². The molecule has 1 aromatic carbocycles. The molecule has 182 valence electrons. The number of carbonyl (C=O) groups excluding carboxylic acids is 3. The number of aromatic nitrogens is 1. The zero-order chi connectivity index (χ0) is 24.9. The highest BCUT2D eigenvalue weighted by Gasteiger charge is 2.32. The minimum absolute atomic E-state index is 0.0606. The highest BCUT2D eigenvalue weighted by atomic mass is 16.6. The zero-order valence-corrected chi connectivity index (χ0v) is 20.5. The van der Waals surface area contributed by atoms with Crippen LogP contribution >= 0.6 is 0 Å². The molecule has 0 N–H and O–H groups in total. The van der Waals surface area contributed by atoms with Gasteiger partial charge in [-0.25, -0.2) is 9.59 Å². The average Bonchev–Trinajstić information content (AvgIpc) is 2.81. The number of amides is 2. The lowest BCUT2D eigenvalue weighted by molar-refractivity contribution is 0.0141. The van der Waals surface area contributed by atoms with Crippen LogP contribution in [0.2, 0.25) is 0 Å². The maximum absolute atomic E-state index is 13.5. The van der Waals surface area contributed by atoms with E-state index in [-0.39, 0.29) is 18.0 Å². The molecule has 0 atom stereocenters. The van der Waals surface area contributed by atoms with Crippen LogP contribution in [0.15, 0.2) is 42.6 Å². The molecule has 34 heavy (non-hydrogen) atoms. The maximum Gasteiger partial charge on any atom is 0.410 e. The number of likely N-dealkylation sites (tertiary alicyclic amines) is 1. The van der Waals surface area contributed by atoms with E-state index in [1.165, 1.54) is 7.11 Å². The van der Waals surface area contributed by atoms with Crippen molar-refractivity contribution < 1.29 is 23.9 Å². The van der Waals surface area contributed by atoms with Gasteiger partial charge in [-0.3, -0.25) is 9.78 Å². The summed E-state index contributed by atoms with van der Waals surface area (Å²) in [6.45, 7) is 8.84. The summed E-state index contributed by atoms with van der Waals surface area (Å²) in [6.07, 6.45) is 2.62. The van der Waals surface area contributed by atoms with E-state index in [4.69, 9.17) is 9.47 Å². The average molecular weight is 468 g/mol. The molecule has 2 heterocycles. The highest BCUT2D eigenvalue weighted by Crippen LogP contribution is 2.23. The number of aryl methyl sites for hydroxylation is 1. The van der Waals surface area contributed by atoms with Gasteiger partial charge in [-0.15, -0.1) is 0 Å². The first-order valence-corrected chi connectivity index (χ1v) is 11.5. The van der Waals surface area contributed by atoms with Crippen LogP contribution < -0.4 is 0 Å². The zero-order valence-electron chi connectivity index (χ0n) is 20.5. The van der Waals surface area contributed by atoms with E-state index in [0.717, 1.165) is 11.1 Å². The van der Waals surface area contributed by atoms with Crippen molar-refractivity contribution in [2.45, 2.75) is 58.7 Å². The van der Waals surface area contributed by atoms with E-state index < -0.39 is 11.6 Å². The van der Waals surface area contributed by atoms with Gasteiger partial charge < -0.3 is 19.3 Å². The van der Waals surface area contributed by atoms with Crippen LogP contribution in [0.4, 0.5) is 4.79 Å². The molecule has 8 heteroatoms. The van der Waals surface area contributed by atoms with E-state index >= 15 is 0 Å². The predicted molar refractivity (Wildman–Crippen MR) is 127 cm³/mol. The van der Waals surface area contributed by atoms with Crippen LogP contribution in [0.1, 0.15) is 65.6 Å². The predicted octanol–water partition coefficient (Wildman–Crippen LogP) is 4.22. The van der Waals surface area contributed by atoms with Crippen molar-refractivity contribution in [3.8, 4) is 0 Å². The molecule has 2 amide bonds. The van der Waals surface area contributed by atoms with Gasteiger partial charge in [0.05, 0.1) is 12.7 Å². The number of benzene rings is 1. The van der Waals surface area contributed by atoms with Gasteiger partial charge in [0, 0.05) is 31.9 Å². The van der Waals surface area contributed by atoms with Crippen molar-refractivity contribution in [2.24, 2.45) is 0 Å². The van der Waals surface area contributed by atoms with Crippen molar-refractivity contribution in [2.75, 3.05) is 20.2 Å². The summed E-state index contributed by atoms with van der Waals surface area (Å²) < 4.78 is 10.3. The second-order valence-corrected chi connectivity index (χ2v) is 9.54. The number of methoxy groups -OCH3 is 1. The second-order valence-electron chi connectivity index (χ2n) is 9.54. The molecule has 0 radical (unpaired) electrons. The number of ether oxygens (including phenoxy) is 2. The first-order chi connectivity index (χ1) is 16.1. The minimum Gasteiger partial charge on any atom is -0.465 e. The standard InChI is InChI=1S/C26H33N3O5/c1-18-6-11-22(27-16-18)23(30)29(17-19-7-9-20(10-8-19)24(31)33-5)21-12-14-28(15-13-21)25(32)34-26(2,3)4/h6-11,16,21H,12-15,17H2,1-5H3. The molecule has 1 aliphatic rings. The number of nitrogens with zero attached hydrogens (tertiary/aromatic N) is 3. The third-order valence-electron chi connectivity index (χ3n) is 5.68. The van der Waals surface area contributed by atoms with Crippen LogP contribution in [-0.4, -0.2) is 64.6 Å². The Morgan fingerprint density at radius 1 is 1.06 bits per heavy atom. The number of rotatable bonds is 5. The molecule has 1 aliphatic heterocycles. The van der Waals surface area contributed by atoms with E-state index in [2.05, 4.69) is 4.98 Å². The molecule has 1 saturated heterocycles. The fourth-order valence-corrected chi connectivity index (χ4v) is 3.86. The highest BCUT2D eigenvalue weighted by molar-refractivity contribution is 5.92. The van der Waals surface area contributed by atoms with Crippen LogP contribution in [0, 0.1) is 6.92 Å². The summed E-state index contributed by atoms with van der Waals surface area (Å²) in [5.74, 6) is -0.564. The Labute approximate surface area is 200 Å². The van der Waals surface area contributed by atoms with Gasteiger partial charge in [-0.05, 0) is 69.9 Å². The first-order valence-electron chi connectivity index (χ1n) is 11.5. The number of hydrogen-bond acceptors (Lipinski definition) is 6. The molecule has 1 fully saturated rings. The van der Waals surface area contributed by atoms with E-state index in [1.807, 2.05) is 50.8 Å². The van der Waals surface area contributed by atoms with Crippen molar-refractivity contribution in [3.05, 3.63) is 65.0 Å². The van der Waals surface area contributed by atoms with Gasteiger partial charge in [0.2, 0.25) is 0 Å². The second kappa shape index (κ2) is 10.7. The van der Waals surface area contributed by atoms with E-state index in [0.29, 0.717) is 43.7 Å². The first kappa shape index (κ1) is 25.2. The monoisotopic (exact) mass is 467 g/mol. The van der Waals surface area contributed by atoms with Crippen LogP contribution in [0.3, 0.4) is 0 Å². The Morgan fingerprint density at radius 3 is 2.24 bits per heavy atom. The van der Waals surface area contributed by atoms with Crippen molar-refractivity contribution in [1.29, 1.82) is 0 Å². The van der Waals surface area contributed by atoms with Gasteiger partial charge in [0.25, 0.3) is 5.91 Å². The molecule has 8 nitrogen and oxygen atoms in total. The smallest absolute Gasteiger partial charge is 0.410 e.